The fourth-order valence-corrected chi connectivity index (χ4v) is 2.74. The highest BCUT2D eigenvalue weighted by Crippen LogP contribution is 2.24. The van der Waals surface area contributed by atoms with Gasteiger partial charge in [0.15, 0.2) is 5.76 Å². The third-order valence-corrected chi connectivity index (χ3v) is 4.33. The molecule has 1 heterocycles. The second-order valence-corrected chi connectivity index (χ2v) is 6.47. The van der Waals surface area contributed by atoms with E-state index >= 15 is 0 Å². The van der Waals surface area contributed by atoms with Gasteiger partial charge in [-0.3, -0.25) is 25.2 Å². The minimum Gasteiger partial charge on any atom is -0.451 e. The van der Waals surface area contributed by atoms with Crippen LogP contribution in [0, 0.1) is 6.92 Å². The van der Waals surface area contributed by atoms with Crippen molar-refractivity contribution in [1.29, 1.82) is 0 Å². The lowest BCUT2D eigenvalue weighted by atomic mass is 10.1. The molecule has 0 spiro atoms. The maximum atomic E-state index is 12.3. The van der Waals surface area contributed by atoms with Crippen molar-refractivity contribution in [3.63, 3.8) is 0 Å². The molecule has 3 amide bonds. The predicted octanol–water partition coefficient (Wildman–Crippen LogP) is 2.72. The summed E-state index contributed by atoms with van der Waals surface area (Å²) >= 11 is 0. The van der Waals surface area contributed by atoms with E-state index in [1.54, 1.807) is 19.1 Å². The Morgan fingerprint density at radius 2 is 1.66 bits per heavy atom. The Morgan fingerprint density at radius 1 is 0.966 bits per heavy atom. The molecule has 3 aromatic rings. The molecule has 3 N–H and O–H groups in total. The van der Waals surface area contributed by atoms with Crippen molar-refractivity contribution in [3.8, 4) is 0 Å². The van der Waals surface area contributed by atoms with Gasteiger partial charge < -0.3 is 9.73 Å². The maximum Gasteiger partial charge on any atom is 0.305 e. The minimum absolute atomic E-state index is 0.119. The van der Waals surface area contributed by atoms with E-state index in [0.717, 1.165) is 10.9 Å². The van der Waals surface area contributed by atoms with Crippen molar-refractivity contribution < 1.29 is 18.8 Å². The third kappa shape index (κ3) is 4.90. The van der Waals surface area contributed by atoms with Gasteiger partial charge in [-0.25, -0.2) is 0 Å². The van der Waals surface area contributed by atoms with Crippen LogP contribution in [-0.4, -0.2) is 23.8 Å². The number of nitrogens with one attached hydrogen (secondary N) is 3. The first-order valence-corrected chi connectivity index (χ1v) is 9.07. The lowest BCUT2D eigenvalue weighted by Gasteiger charge is -2.13. The van der Waals surface area contributed by atoms with E-state index in [4.69, 9.17) is 4.42 Å². The molecule has 0 bridgehead atoms. The van der Waals surface area contributed by atoms with Gasteiger partial charge in [0.1, 0.15) is 11.6 Å². The van der Waals surface area contributed by atoms with Crippen LogP contribution in [0.15, 0.2) is 65.1 Å². The molecule has 0 aliphatic rings. The quantitative estimate of drug-likeness (QED) is 0.460. The smallest absolute Gasteiger partial charge is 0.305 e. The number of furan rings is 1. The van der Waals surface area contributed by atoms with Gasteiger partial charge in [0.05, 0.1) is 0 Å². The summed E-state index contributed by atoms with van der Waals surface area (Å²) in [6, 6.07) is 15.7. The highest BCUT2D eigenvalue weighted by molar-refractivity contribution is 6.00. The van der Waals surface area contributed by atoms with Crippen molar-refractivity contribution in [3.05, 3.63) is 77.6 Å². The van der Waals surface area contributed by atoms with E-state index < -0.39 is 23.8 Å². The molecule has 0 radical (unpaired) electrons. The third-order valence-electron chi connectivity index (χ3n) is 4.33. The summed E-state index contributed by atoms with van der Waals surface area (Å²) < 4.78 is 5.55. The summed E-state index contributed by atoms with van der Waals surface area (Å²) in [5.74, 6) is -1.44. The fourth-order valence-electron chi connectivity index (χ4n) is 2.74. The zero-order chi connectivity index (χ0) is 20.8. The SMILES string of the molecule is Cc1c(C(=O)NNC(=O)[C@H](C)NC(=O)/C=C/c2ccccc2)oc2ccccc12. The molecule has 7 heteroatoms. The van der Waals surface area contributed by atoms with Crippen LogP contribution in [0.1, 0.15) is 28.6 Å². The zero-order valence-corrected chi connectivity index (χ0v) is 16.1. The molecule has 0 saturated carbocycles. The lowest BCUT2D eigenvalue weighted by molar-refractivity contribution is -0.127. The number of carbonyl (C=O) groups is 3. The van der Waals surface area contributed by atoms with Crippen LogP contribution in [0.3, 0.4) is 0 Å². The zero-order valence-electron chi connectivity index (χ0n) is 16.1. The van der Waals surface area contributed by atoms with Gasteiger partial charge in [0.2, 0.25) is 5.91 Å². The van der Waals surface area contributed by atoms with Gasteiger partial charge in [-0.1, -0.05) is 48.5 Å². The van der Waals surface area contributed by atoms with Crippen molar-refractivity contribution in [1.82, 2.24) is 16.2 Å². The number of hydrazine groups is 1. The minimum atomic E-state index is -0.847. The molecule has 148 valence electrons. The number of aryl methyl sites for hydroxylation is 1. The predicted molar refractivity (Wildman–Crippen MR) is 110 cm³/mol. The van der Waals surface area contributed by atoms with Gasteiger partial charge >= 0.3 is 5.91 Å². The van der Waals surface area contributed by atoms with Crippen LogP contribution in [0.25, 0.3) is 17.0 Å². The van der Waals surface area contributed by atoms with Crippen molar-refractivity contribution >= 4 is 34.8 Å². The molecular formula is C22H21N3O4. The monoisotopic (exact) mass is 391 g/mol. The summed E-state index contributed by atoms with van der Waals surface area (Å²) in [6.07, 6.45) is 2.99. The van der Waals surface area contributed by atoms with Gasteiger partial charge in [0, 0.05) is 17.0 Å². The molecule has 0 aliphatic carbocycles. The largest absolute Gasteiger partial charge is 0.451 e. The fraction of sp³-hybridized carbons (Fsp3) is 0.136. The molecule has 0 unspecified atom stereocenters. The number of fused-ring (bicyclic) bond motifs is 1. The molecule has 1 aromatic heterocycles. The van der Waals surface area contributed by atoms with Crippen LogP contribution >= 0.6 is 0 Å². The van der Waals surface area contributed by atoms with Gasteiger partial charge in [0.25, 0.3) is 5.91 Å². The van der Waals surface area contributed by atoms with Crippen molar-refractivity contribution in [2.75, 3.05) is 0 Å². The molecule has 0 fully saturated rings. The number of amides is 3. The summed E-state index contributed by atoms with van der Waals surface area (Å²) in [4.78, 5) is 36.4. The first kappa shape index (κ1) is 19.9. The van der Waals surface area contributed by atoms with Crippen LogP contribution in [0.4, 0.5) is 0 Å². The van der Waals surface area contributed by atoms with Gasteiger partial charge in [-0.15, -0.1) is 0 Å². The van der Waals surface area contributed by atoms with E-state index in [0.29, 0.717) is 11.1 Å². The van der Waals surface area contributed by atoms with E-state index in [1.807, 2.05) is 48.5 Å². The lowest BCUT2D eigenvalue weighted by Crippen LogP contribution is -2.50. The summed E-state index contributed by atoms with van der Waals surface area (Å²) in [5.41, 5.74) is 6.74. The maximum absolute atomic E-state index is 12.3. The van der Waals surface area contributed by atoms with Crippen LogP contribution in [-0.2, 0) is 9.59 Å². The second-order valence-electron chi connectivity index (χ2n) is 6.47. The highest BCUT2D eigenvalue weighted by Gasteiger charge is 2.19. The van der Waals surface area contributed by atoms with Gasteiger partial charge in [-0.05, 0) is 31.6 Å². The molecular weight excluding hydrogens is 370 g/mol. The van der Waals surface area contributed by atoms with E-state index in [1.165, 1.54) is 13.0 Å². The van der Waals surface area contributed by atoms with Crippen LogP contribution in [0.2, 0.25) is 0 Å². The molecule has 29 heavy (non-hydrogen) atoms. The number of hydrogen-bond donors (Lipinski definition) is 3. The Morgan fingerprint density at radius 3 is 2.38 bits per heavy atom. The molecule has 2 aromatic carbocycles. The topological polar surface area (TPSA) is 100 Å². The van der Waals surface area contributed by atoms with E-state index in [-0.39, 0.29) is 5.76 Å². The standard InChI is InChI=1S/C22H21N3O4/c1-14-17-10-6-7-11-18(17)29-20(14)22(28)25-24-21(27)15(2)23-19(26)13-12-16-8-4-3-5-9-16/h3-13,15H,1-2H3,(H,23,26)(H,24,27)(H,25,28)/b13-12+/t15-/m0/s1. The highest BCUT2D eigenvalue weighted by atomic mass is 16.3. The Bertz CT molecular complexity index is 1070. The molecule has 0 saturated heterocycles. The Kier molecular flexibility index (Phi) is 6.09. The molecule has 1 atom stereocenters. The molecule has 7 nitrogen and oxygen atoms in total. The average Bonchev–Trinajstić information content (AvgIpc) is 3.08. The summed E-state index contributed by atoms with van der Waals surface area (Å²) in [5, 5.41) is 3.36. The van der Waals surface area contributed by atoms with Gasteiger partial charge in [-0.2, -0.15) is 0 Å². The second kappa shape index (κ2) is 8.88. The van der Waals surface area contributed by atoms with E-state index in [9.17, 15) is 14.4 Å². The number of carbonyl (C=O) groups excluding carboxylic acids is 3. The number of rotatable bonds is 5. The number of hydrogen-bond acceptors (Lipinski definition) is 4. The molecule has 3 rings (SSSR count). The Labute approximate surface area is 167 Å². The van der Waals surface area contributed by atoms with Crippen LogP contribution < -0.4 is 16.2 Å². The Balaban J connectivity index is 1.52. The van der Waals surface area contributed by atoms with Crippen LogP contribution in [0.5, 0.6) is 0 Å². The summed E-state index contributed by atoms with van der Waals surface area (Å²) in [6.45, 7) is 3.28. The van der Waals surface area contributed by atoms with E-state index in [2.05, 4.69) is 16.2 Å². The summed E-state index contributed by atoms with van der Waals surface area (Å²) in [7, 11) is 0. The number of benzene rings is 2. The first-order chi connectivity index (χ1) is 14.0. The average molecular weight is 391 g/mol. The van der Waals surface area contributed by atoms with Crippen molar-refractivity contribution in [2.24, 2.45) is 0 Å². The number of para-hydroxylation sites is 1. The van der Waals surface area contributed by atoms with Crippen molar-refractivity contribution in [2.45, 2.75) is 19.9 Å². The molecule has 0 aliphatic heterocycles. The first-order valence-electron chi connectivity index (χ1n) is 9.07. The Hall–Kier alpha value is -3.87. The normalized spacial score (nSPS) is 11.9.